The molecule has 3 atom stereocenters. The Morgan fingerprint density at radius 1 is 1.20 bits per heavy atom. The van der Waals surface area contributed by atoms with Crippen LogP contribution in [0.4, 0.5) is 8.78 Å². The lowest BCUT2D eigenvalue weighted by molar-refractivity contribution is -0.0704. The number of halogens is 2. The molecule has 0 aliphatic carbocycles. The molecule has 112 valence electrons. The van der Waals surface area contributed by atoms with Gasteiger partial charge in [-0.3, -0.25) is 4.90 Å². The zero-order valence-corrected chi connectivity index (χ0v) is 11.0. The van der Waals surface area contributed by atoms with Crippen LogP contribution in [-0.4, -0.2) is 58.2 Å². The number of rotatable bonds is 4. The van der Waals surface area contributed by atoms with E-state index in [1.165, 1.54) is 0 Å². The molecule has 1 aliphatic rings. The van der Waals surface area contributed by atoms with Gasteiger partial charge in [-0.2, -0.15) is 0 Å². The Morgan fingerprint density at radius 3 is 2.65 bits per heavy atom. The van der Waals surface area contributed by atoms with Crippen molar-refractivity contribution < 1.29 is 24.1 Å². The Kier molecular flexibility index (Phi) is 5.04. The van der Waals surface area contributed by atoms with Gasteiger partial charge in [0, 0.05) is 19.1 Å². The van der Waals surface area contributed by atoms with Crippen molar-refractivity contribution in [2.45, 2.75) is 31.1 Å². The van der Waals surface area contributed by atoms with Crippen LogP contribution in [0.5, 0.6) is 0 Å². The number of aliphatic hydroxyl groups is 3. The first-order valence-electron chi connectivity index (χ1n) is 6.66. The van der Waals surface area contributed by atoms with Gasteiger partial charge in [0.1, 0.15) is 11.6 Å². The molecule has 0 spiro atoms. The topological polar surface area (TPSA) is 63.9 Å². The van der Waals surface area contributed by atoms with Gasteiger partial charge in [0.05, 0.1) is 18.8 Å². The first-order valence-corrected chi connectivity index (χ1v) is 6.66. The Bertz CT molecular complexity index is 458. The minimum Gasteiger partial charge on any atom is -0.395 e. The van der Waals surface area contributed by atoms with E-state index in [0.29, 0.717) is 6.54 Å². The fourth-order valence-electron chi connectivity index (χ4n) is 2.56. The van der Waals surface area contributed by atoms with Crippen LogP contribution in [0.2, 0.25) is 0 Å². The summed E-state index contributed by atoms with van der Waals surface area (Å²) in [6, 6.07) is 3.03. The van der Waals surface area contributed by atoms with Crippen LogP contribution in [-0.2, 0) is 6.42 Å². The van der Waals surface area contributed by atoms with Crippen molar-refractivity contribution in [3.8, 4) is 0 Å². The molecule has 0 saturated carbocycles. The van der Waals surface area contributed by atoms with E-state index in [0.717, 1.165) is 18.2 Å². The molecule has 1 aromatic carbocycles. The van der Waals surface area contributed by atoms with E-state index in [1.54, 1.807) is 4.90 Å². The van der Waals surface area contributed by atoms with Gasteiger partial charge in [-0.25, -0.2) is 8.78 Å². The van der Waals surface area contributed by atoms with Crippen molar-refractivity contribution in [1.82, 2.24) is 4.90 Å². The predicted molar refractivity (Wildman–Crippen MR) is 69.1 cm³/mol. The van der Waals surface area contributed by atoms with Gasteiger partial charge in [0.25, 0.3) is 0 Å². The highest BCUT2D eigenvalue weighted by Crippen LogP contribution is 2.19. The smallest absolute Gasteiger partial charge is 0.126 e. The quantitative estimate of drug-likeness (QED) is 0.745. The van der Waals surface area contributed by atoms with Crippen LogP contribution in [0.15, 0.2) is 18.2 Å². The van der Waals surface area contributed by atoms with E-state index in [2.05, 4.69) is 0 Å². The molecule has 0 radical (unpaired) electrons. The first-order chi connectivity index (χ1) is 9.51. The van der Waals surface area contributed by atoms with Crippen molar-refractivity contribution in [3.63, 3.8) is 0 Å². The highest BCUT2D eigenvalue weighted by Gasteiger charge is 2.32. The molecule has 20 heavy (non-hydrogen) atoms. The van der Waals surface area contributed by atoms with E-state index in [-0.39, 0.29) is 37.6 Å². The molecule has 2 rings (SSSR count). The molecular weight excluding hydrogens is 268 g/mol. The molecule has 0 aromatic heterocycles. The number of likely N-dealkylation sites (tertiary alicyclic amines) is 1. The number of aliphatic hydroxyl groups excluding tert-OH is 3. The summed E-state index contributed by atoms with van der Waals surface area (Å²) in [5.41, 5.74) is 0.266. The zero-order valence-electron chi connectivity index (χ0n) is 11.0. The third-order valence-electron chi connectivity index (χ3n) is 3.78. The maximum Gasteiger partial charge on any atom is 0.126 e. The van der Waals surface area contributed by atoms with E-state index in [4.69, 9.17) is 0 Å². The first kappa shape index (κ1) is 15.3. The lowest BCUT2D eigenvalue weighted by atomic mass is 9.97. The minimum atomic E-state index is -0.879. The van der Waals surface area contributed by atoms with E-state index >= 15 is 0 Å². The van der Waals surface area contributed by atoms with Gasteiger partial charge in [-0.05, 0) is 36.6 Å². The summed E-state index contributed by atoms with van der Waals surface area (Å²) >= 11 is 0. The van der Waals surface area contributed by atoms with Gasteiger partial charge >= 0.3 is 0 Å². The van der Waals surface area contributed by atoms with Gasteiger partial charge in [-0.1, -0.05) is 0 Å². The van der Waals surface area contributed by atoms with Gasteiger partial charge < -0.3 is 15.3 Å². The summed E-state index contributed by atoms with van der Waals surface area (Å²) in [6.07, 6.45) is -1.18. The summed E-state index contributed by atoms with van der Waals surface area (Å²) in [6.45, 7) is 0.453. The number of benzene rings is 1. The third-order valence-corrected chi connectivity index (χ3v) is 3.78. The SMILES string of the molecule is OC[C@H]1CC(O)[C@@H](O)CN1CCc1cc(F)ccc1F. The summed E-state index contributed by atoms with van der Waals surface area (Å²) in [4.78, 5) is 1.79. The molecule has 1 aliphatic heterocycles. The number of hydrogen-bond donors (Lipinski definition) is 3. The molecule has 0 amide bonds. The molecule has 1 saturated heterocycles. The largest absolute Gasteiger partial charge is 0.395 e. The molecule has 1 fully saturated rings. The molecule has 6 heteroatoms. The van der Waals surface area contributed by atoms with E-state index in [1.807, 2.05) is 0 Å². The lowest BCUT2D eigenvalue weighted by Gasteiger charge is -2.39. The van der Waals surface area contributed by atoms with Crippen LogP contribution < -0.4 is 0 Å². The molecule has 1 heterocycles. The minimum absolute atomic E-state index is 0.143. The maximum atomic E-state index is 13.5. The zero-order chi connectivity index (χ0) is 14.7. The van der Waals surface area contributed by atoms with Crippen molar-refractivity contribution in [1.29, 1.82) is 0 Å². The van der Waals surface area contributed by atoms with E-state index in [9.17, 15) is 24.1 Å². The summed E-state index contributed by atoms with van der Waals surface area (Å²) < 4.78 is 26.6. The van der Waals surface area contributed by atoms with Gasteiger partial charge in [0.2, 0.25) is 0 Å². The summed E-state index contributed by atoms with van der Waals surface area (Å²) in [5, 5.41) is 28.5. The normalized spacial score (nSPS) is 27.8. The summed E-state index contributed by atoms with van der Waals surface area (Å²) in [7, 11) is 0. The van der Waals surface area contributed by atoms with Crippen LogP contribution in [0.1, 0.15) is 12.0 Å². The summed E-state index contributed by atoms with van der Waals surface area (Å²) in [5.74, 6) is -0.959. The van der Waals surface area contributed by atoms with E-state index < -0.39 is 23.8 Å². The number of hydrogen-bond acceptors (Lipinski definition) is 4. The lowest BCUT2D eigenvalue weighted by Crippen LogP contribution is -2.54. The molecule has 0 bridgehead atoms. The van der Waals surface area contributed by atoms with Crippen molar-refractivity contribution in [2.24, 2.45) is 0 Å². The average Bonchev–Trinajstić information content (AvgIpc) is 2.43. The van der Waals surface area contributed by atoms with Crippen molar-refractivity contribution in [2.75, 3.05) is 19.7 Å². The van der Waals surface area contributed by atoms with Crippen LogP contribution in [0.25, 0.3) is 0 Å². The molecular formula is C14H19F2NO3. The maximum absolute atomic E-state index is 13.5. The van der Waals surface area contributed by atoms with Crippen LogP contribution in [0.3, 0.4) is 0 Å². The molecule has 1 unspecified atom stereocenters. The highest BCUT2D eigenvalue weighted by atomic mass is 19.1. The Morgan fingerprint density at radius 2 is 1.95 bits per heavy atom. The molecule has 4 nitrogen and oxygen atoms in total. The van der Waals surface area contributed by atoms with Gasteiger partial charge in [-0.15, -0.1) is 0 Å². The van der Waals surface area contributed by atoms with Crippen LogP contribution >= 0.6 is 0 Å². The number of nitrogens with zero attached hydrogens (tertiary/aromatic N) is 1. The monoisotopic (exact) mass is 287 g/mol. The third kappa shape index (κ3) is 3.52. The highest BCUT2D eigenvalue weighted by molar-refractivity contribution is 5.19. The predicted octanol–water partition coefficient (Wildman–Crippen LogP) is 0.296. The van der Waals surface area contributed by atoms with Crippen LogP contribution in [0, 0.1) is 11.6 Å². The Labute approximate surface area is 116 Å². The average molecular weight is 287 g/mol. The number of piperidine rings is 1. The fourth-order valence-corrected chi connectivity index (χ4v) is 2.56. The standard InChI is InChI=1S/C14H19F2NO3/c15-10-1-2-12(16)9(5-10)3-4-17-7-14(20)13(19)6-11(17)8-18/h1-2,5,11,13-14,18-20H,3-4,6-8H2/t11-,13?,14+/m1/s1. The fraction of sp³-hybridized carbons (Fsp3) is 0.571. The van der Waals surface area contributed by atoms with Gasteiger partial charge in [0.15, 0.2) is 0 Å². The second-order valence-corrected chi connectivity index (χ2v) is 5.19. The molecule has 1 aromatic rings. The molecule has 3 N–H and O–H groups in total. The second kappa shape index (κ2) is 6.58. The van der Waals surface area contributed by atoms with Crippen molar-refractivity contribution in [3.05, 3.63) is 35.4 Å². The number of β-amino-alcohol motifs (C(OH)–C–C–N with tert-alkyl or cyclic N) is 1. The Balaban J connectivity index is 1.99. The Hall–Kier alpha value is -1.08. The van der Waals surface area contributed by atoms with Crippen molar-refractivity contribution >= 4 is 0 Å². The second-order valence-electron chi connectivity index (χ2n) is 5.19.